The molecule has 1 aromatic rings. The summed E-state index contributed by atoms with van der Waals surface area (Å²) >= 11 is 0. The van der Waals surface area contributed by atoms with Crippen molar-refractivity contribution in [2.75, 3.05) is 13.2 Å². The molecule has 1 amide bonds. The van der Waals surface area contributed by atoms with Crippen molar-refractivity contribution >= 4 is 5.91 Å². The highest BCUT2D eigenvalue weighted by atomic mass is 19.1. The Kier molecular flexibility index (Phi) is 4.17. The summed E-state index contributed by atoms with van der Waals surface area (Å²) < 4.78 is 24.5. The second-order valence-electron chi connectivity index (χ2n) is 5.01. The minimum atomic E-state index is -0.750. The van der Waals surface area contributed by atoms with Gasteiger partial charge in [-0.15, -0.1) is 0 Å². The first-order valence-corrected chi connectivity index (χ1v) is 6.47. The molecule has 0 aromatic carbocycles. The number of nitrogens with zero attached hydrogens (tertiary/aromatic N) is 3. The number of amides is 1. The number of hydrogen-bond donors (Lipinski definition) is 0. The van der Waals surface area contributed by atoms with Crippen molar-refractivity contribution in [1.29, 1.82) is 0 Å². The first kappa shape index (κ1) is 14.6. The average molecular weight is 283 g/mol. The molecule has 1 aliphatic heterocycles. The van der Waals surface area contributed by atoms with Gasteiger partial charge in [-0.2, -0.15) is 4.98 Å². The van der Waals surface area contributed by atoms with Gasteiger partial charge in [0, 0.05) is 6.54 Å². The standard InChI is InChI=1S/C13H18FN3O3/c1-7(2)10(14)13(18)17-5-6-19-8(3)11(17)12-15-9(4)16-20-12/h8,11H,5-6H2,1-4H3/t8-,11+/m1/s1. The molecular formula is C13H18FN3O3. The van der Waals surface area contributed by atoms with Crippen LogP contribution in [0.2, 0.25) is 0 Å². The quantitative estimate of drug-likeness (QED) is 0.776. The first-order chi connectivity index (χ1) is 9.41. The summed E-state index contributed by atoms with van der Waals surface area (Å²) in [7, 11) is 0. The molecule has 1 aliphatic rings. The van der Waals surface area contributed by atoms with Crippen LogP contribution in [-0.4, -0.2) is 40.2 Å². The largest absolute Gasteiger partial charge is 0.374 e. The van der Waals surface area contributed by atoms with Gasteiger partial charge in [-0.3, -0.25) is 4.79 Å². The van der Waals surface area contributed by atoms with Crippen molar-refractivity contribution in [3.05, 3.63) is 23.1 Å². The van der Waals surface area contributed by atoms with Gasteiger partial charge >= 0.3 is 0 Å². The van der Waals surface area contributed by atoms with E-state index in [4.69, 9.17) is 9.26 Å². The van der Waals surface area contributed by atoms with E-state index in [0.29, 0.717) is 18.0 Å². The summed E-state index contributed by atoms with van der Waals surface area (Å²) in [4.78, 5) is 17.7. The Morgan fingerprint density at radius 1 is 1.45 bits per heavy atom. The molecule has 2 rings (SSSR count). The summed E-state index contributed by atoms with van der Waals surface area (Å²) in [5, 5.41) is 3.71. The van der Waals surface area contributed by atoms with E-state index in [-0.39, 0.29) is 18.5 Å². The van der Waals surface area contributed by atoms with Gasteiger partial charge < -0.3 is 14.2 Å². The molecule has 0 bridgehead atoms. The fourth-order valence-electron chi connectivity index (χ4n) is 2.16. The van der Waals surface area contributed by atoms with Gasteiger partial charge in [-0.25, -0.2) is 4.39 Å². The van der Waals surface area contributed by atoms with E-state index < -0.39 is 17.8 Å². The number of hydrogen-bond acceptors (Lipinski definition) is 5. The fourth-order valence-corrected chi connectivity index (χ4v) is 2.16. The zero-order valence-corrected chi connectivity index (χ0v) is 12.0. The summed E-state index contributed by atoms with van der Waals surface area (Å²) in [6.07, 6.45) is -0.336. The highest BCUT2D eigenvalue weighted by Gasteiger charge is 2.39. The Balaban J connectivity index is 2.34. The Bertz CT molecular complexity index is 537. The fraction of sp³-hybridized carbons (Fsp3) is 0.615. The number of carbonyl (C=O) groups is 1. The number of carbonyl (C=O) groups excluding carboxylic acids is 1. The average Bonchev–Trinajstić information content (AvgIpc) is 2.82. The van der Waals surface area contributed by atoms with E-state index >= 15 is 0 Å². The molecule has 0 radical (unpaired) electrons. The van der Waals surface area contributed by atoms with Crippen LogP contribution in [0.15, 0.2) is 15.9 Å². The Labute approximate surface area is 116 Å². The van der Waals surface area contributed by atoms with Gasteiger partial charge in [0.1, 0.15) is 6.04 Å². The van der Waals surface area contributed by atoms with Crippen LogP contribution in [-0.2, 0) is 9.53 Å². The van der Waals surface area contributed by atoms with E-state index in [1.807, 2.05) is 0 Å². The monoisotopic (exact) mass is 283 g/mol. The lowest BCUT2D eigenvalue weighted by Gasteiger charge is -2.37. The number of morpholine rings is 1. The molecule has 0 spiro atoms. The van der Waals surface area contributed by atoms with Crippen molar-refractivity contribution in [1.82, 2.24) is 15.0 Å². The van der Waals surface area contributed by atoms with Crippen LogP contribution in [0.4, 0.5) is 4.39 Å². The van der Waals surface area contributed by atoms with Gasteiger partial charge in [0.2, 0.25) is 0 Å². The van der Waals surface area contributed by atoms with E-state index in [1.165, 1.54) is 4.90 Å². The van der Waals surface area contributed by atoms with Gasteiger partial charge in [0.05, 0.1) is 12.7 Å². The molecular weight excluding hydrogens is 265 g/mol. The van der Waals surface area contributed by atoms with Crippen molar-refractivity contribution in [3.8, 4) is 0 Å². The molecule has 2 heterocycles. The van der Waals surface area contributed by atoms with Crippen LogP contribution in [0, 0.1) is 6.92 Å². The Morgan fingerprint density at radius 2 is 2.15 bits per heavy atom. The zero-order valence-electron chi connectivity index (χ0n) is 12.0. The lowest BCUT2D eigenvalue weighted by molar-refractivity contribution is -0.145. The van der Waals surface area contributed by atoms with Crippen LogP contribution >= 0.6 is 0 Å². The number of ether oxygens (including phenoxy) is 1. The van der Waals surface area contributed by atoms with Gasteiger partial charge in [0.15, 0.2) is 11.7 Å². The van der Waals surface area contributed by atoms with E-state index in [2.05, 4.69) is 10.1 Å². The second-order valence-corrected chi connectivity index (χ2v) is 5.01. The van der Waals surface area contributed by atoms with Crippen molar-refractivity contribution in [2.45, 2.75) is 39.8 Å². The topological polar surface area (TPSA) is 68.5 Å². The number of rotatable bonds is 2. The molecule has 6 nitrogen and oxygen atoms in total. The van der Waals surface area contributed by atoms with Crippen LogP contribution in [0.1, 0.15) is 38.5 Å². The maximum atomic E-state index is 13.9. The third-order valence-electron chi connectivity index (χ3n) is 3.18. The van der Waals surface area contributed by atoms with Crippen LogP contribution in [0.5, 0.6) is 0 Å². The van der Waals surface area contributed by atoms with Crippen LogP contribution in [0.25, 0.3) is 0 Å². The van der Waals surface area contributed by atoms with Crippen LogP contribution in [0.3, 0.4) is 0 Å². The Hall–Kier alpha value is -1.76. The van der Waals surface area contributed by atoms with E-state index in [9.17, 15) is 9.18 Å². The molecule has 1 aromatic heterocycles. The third kappa shape index (κ3) is 2.72. The minimum Gasteiger partial charge on any atom is -0.374 e. The first-order valence-electron chi connectivity index (χ1n) is 6.47. The molecule has 1 saturated heterocycles. The maximum absolute atomic E-state index is 13.9. The Morgan fingerprint density at radius 3 is 2.70 bits per heavy atom. The number of aromatic nitrogens is 2. The summed E-state index contributed by atoms with van der Waals surface area (Å²) in [5.41, 5.74) is 0.342. The van der Waals surface area contributed by atoms with Crippen molar-refractivity contribution in [3.63, 3.8) is 0 Å². The number of aryl methyl sites for hydroxylation is 1. The lowest BCUT2D eigenvalue weighted by atomic mass is 10.1. The molecule has 7 heteroatoms. The lowest BCUT2D eigenvalue weighted by Crippen LogP contribution is -2.47. The summed E-state index contributed by atoms with van der Waals surface area (Å²) in [6, 6.07) is -0.567. The summed E-state index contributed by atoms with van der Waals surface area (Å²) in [6.45, 7) is 7.24. The number of halogens is 1. The molecule has 0 N–H and O–H groups in total. The van der Waals surface area contributed by atoms with E-state index in [1.54, 1.807) is 27.7 Å². The molecule has 0 saturated carbocycles. The normalized spacial score (nSPS) is 22.8. The third-order valence-corrected chi connectivity index (χ3v) is 3.18. The molecule has 0 unspecified atom stereocenters. The van der Waals surface area contributed by atoms with E-state index in [0.717, 1.165) is 0 Å². The van der Waals surface area contributed by atoms with Gasteiger partial charge in [-0.05, 0) is 33.3 Å². The highest BCUT2D eigenvalue weighted by molar-refractivity contribution is 5.92. The highest BCUT2D eigenvalue weighted by Crippen LogP contribution is 2.30. The van der Waals surface area contributed by atoms with Crippen molar-refractivity contribution < 1.29 is 18.4 Å². The maximum Gasteiger partial charge on any atom is 0.283 e. The molecule has 110 valence electrons. The SMILES string of the molecule is CC(C)=C(F)C(=O)N1CCO[C@H](C)[C@H]1c1nc(C)no1. The molecule has 0 aliphatic carbocycles. The number of allylic oxidation sites excluding steroid dienone is 1. The summed E-state index contributed by atoms with van der Waals surface area (Å²) in [5.74, 6) is -0.682. The predicted octanol–water partition coefficient (Wildman–Crippen LogP) is 1.93. The minimum absolute atomic E-state index is 0.268. The van der Waals surface area contributed by atoms with Crippen molar-refractivity contribution in [2.24, 2.45) is 0 Å². The smallest absolute Gasteiger partial charge is 0.283 e. The molecule has 2 atom stereocenters. The van der Waals surface area contributed by atoms with Gasteiger partial charge in [0.25, 0.3) is 11.8 Å². The van der Waals surface area contributed by atoms with Gasteiger partial charge in [-0.1, -0.05) is 5.16 Å². The zero-order chi connectivity index (χ0) is 14.9. The molecule has 20 heavy (non-hydrogen) atoms. The van der Waals surface area contributed by atoms with Crippen LogP contribution < -0.4 is 0 Å². The predicted molar refractivity (Wildman–Crippen MR) is 68.4 cm³/mol. The second kappa shape index (κ2) is 5.70. The molecule has 1 fully saturated rings.